The fraction of sp³-hybridized carbons (Fsp3) is 1.00. The molecule has 1 heterocycles. The second kappa shape index (κ2) is 6.08. The fourth-order valence-corrected chi connectivity index (χ4v) is 0.832. The molecule has 0 aliphatic carbocycles. The van der Waals surface area contributed by atoms with E-state index in [1.807, 2.05) is 0 Å². The van der Waals surface area contributed by atoms with Crippen LogP contribution in [0.1, 0.15) is 6.92 Å². The first-order chi connectivity index (χ1) is 4.30. The van der Waals surface area contributed by atoms with Gasteiger partial charge in [0, 0.05) is 6.61 Å². The van der Waals surface area contributed by atoms with Crippen LogP contribution < -0.4 is 51.4 Å². The van der Waals surface area contributed by atoms with Crippen LogP contribution in [-0.4, -0.2) is 37.0 Å². The zero-order valence-corrected chi connectivity index (χ0v) is 9.70. The molecule has 0 aromatic heterocycles. The summed E-state index contributed by atoms with van der Waals surface area (Å²) < 4.78 is 5.20. The molecule has 0 aromatic rings. The summed E-state index contributed by atoms with van der Waals surface area (Å²) in [6.45, 7) is 3.82. The van der Waals surface area contributed by atoms with E-state index in [9.17, 15) is 0 Å². The van der Waals surface area contributed by atoms with E-state index in [1.165, 1.54) is 0 Å². The molecule has 3 nitrogen and oxygen atoms in total. The van der Waals surface area contributed by atoms with Crippen LogP contribution in [-0.2, 0) is 4.74 Å². The maximum absolute atomic E-state index is 8.99. The number of ether oxygens (including phenoxy) is 1. The monoisotopic (exact) mass is 169 g/mol. The van der Waals surface area contributed by atoms with Gasteiger partial charge < -0.3 is 15.2 Å². The van der Waals surface area contributed by atoms with Gasteiger partial charge in [0.15, 0.2) is 0 Å². The van der Waals surface area contributed by atoms with E-state index in [2.05, 4.69) is 5.32 Å². The van der Waals surface area contributed by atoms with Crippen molar-refractivity contribution >= 4 is 0 Å². The number of hydrogen-bond acceptors (Lipinski definition) is 2. The quantitative estimate of drug-likeness (QED) is 0.429. The van der Waals surface area contributed by atoms with E-state index < -0.39 is 0 Å². The Morgan fingerprint density at radius 1 is 1.70 bits per heavy atom. The van der Waals surface area contributed by atoms with Crippen molar-refractivity contribution in [1.82, 2.24) is 0 Å². The summed E-state index contributed by atoms with van der Waals surface area (Å²) in [5.74, 6) is 0. The number of aliphatic hydroxyl groups excluding tert-OH is 1. The van der Waals surface area contributed by atoms with Crippen molar-refractivity contribution in [1.29, 1.82) is 0 Å². The summed E-state index contributed by atoms with van der Waals surface area (Å²) in [7, 11) is 0. The summed E-state index contributed by atoms with van der Waals surface area (Å²) in [6.07, 6.45) is -0.437. The maximum atomic E-state index is 8.99. The molecular formula is C6H12KNO2. The standard InChI is InChI=1S/C6H12NO2.K/c1-5(8)6-4-7-2-3-9-6;/h5-6,8H,2-4H2,1H3;/q-1;+1. The fourth-order valence-electron chi connectivity index (χ4n) is 0.832. The molecule has 1 fully saturated rings. The van der Waals surface area contributed by atoms with E-state index in [0.717, 1.165) is 6.54 Å². The van der Waals surface area contributed by atoms with Gasteiger partial charge in [-0.3, -0.25) is 0 Å². The second-order valence-electron chi connectivity index (χ2n) is 2.28. The van der Waals surface area contributed by atoms with Crippen molar-refractivity contribution in [2.45, 2.75) is 19.1 Å². The minimum absolute atomic E-state index is 0. The molecule has 0 amide bonds. The van der Waals surface area contributed by atoms with Crippen LogP contribution in [0.3, 0.4) is 0 Å². The van der Waals surface area contributed by atoms with Gasteiger partial charge in [0.25, 0.3) is 0 Å². The number of rotatable bonds is 1. The third-order valence-electron chi connectivity index (χ3n) is 1.43. The molecule has 2 atom stereocenters. The predicted octanol–water partition coefficient (Wildman–Crippen LogP) is -2.86. The first kappa shape index (κ1) is 11.5. The van der Waals surface area contributed by atoms with Crippen molar-refractivity contribution in [3.8, 4) is 0 Å². The van der Waals surface area contributed by atoms with Crippen LogP contribution in [0.4, 0.5) is 0 Å². The molecule has 1 rings (SSSR count). The van der Waals surface area contributed by atoms with Gasteiger partial charge in [-0.1, -0.05) is 0 Å². The molecular weight excluding hydrogens is 157 g/mol. The molecule has 0 bridgehead atoms. The average Bonchev–Trinajstić information content (AvgIpc) is 1.90. The Morgan fingerprint density at radius 3 is 2.70 bits per heavy atom. The zero-order chi connectivity index (χ0) is 6.69. The minimum atomic E-state index is -0.381. The normalized spacial score (nSPS) is 28.8. The Balaban J connectivity index is 0.000000810. The van der Waals surface area contributed by atoms with E-state index in [0.29, 0.717) is 13.2 Å². The van der Waals surface area contributed by atoms with Crippen LogP contribution in [0, 0.1) is 0 Å². The summed E-state index contributed by atoms with van der Waals surface area (Å²) in [5, 5.41) is 13.1. The van der Waals surface area contributed by atoms with Crippen LogP contribution >= 0.6 is 0 Å². The molecule has 1 N–H and O–H groups in total. The molecule has 0 aromatic carbocycles. The largest absolute Gasteiger partial charge is 1.00 e. The van der Waals surface area contributed by atoms with Gasteiger partial charge in [0.2, 0.25) is 0 Å². The SMILES string of the molecule is CC(O)C1C[N-]CCO1.[K+]. The zero-order valence-electron chi connectivity index (χ0n) is 6.58. The Kier molecular flexibility index (Phi) is 7.00. The Labute approximate surface area is 104 Å². The second-order valence-corrected chi connectivity index (χ2v) is 2.28. The van der Waals surface area contributed by atoms with Gasteiger partial charge in [-0.25, -0.2) is 0 Å². The maximum Gasteiger partial charge on any atom is 1.00 e. The molecule has 1 aliphatic heterocycles. The van der Waals surface area contributed by atoms with Gasteiger partial charge >= 0.3 is 51.4 Å². The van der Waals surface area contributed by atoms with E-state index >= 15 is 0 Å². The molecule has 1 aliphatic rings. The van der Waals surface area contributed by atoms with Gasteiger partial charge in [0.1, 0.15) is 0 Å². The Hall–Kier alpha value is 1.52. The number of hydrogen-bond donors (Lipinski definition) is 1. The van der Waals surface area contributed by atoms with E-state index in [1.54, 1.807) is 6.92 Å². The van der Waals surface area contributed by atoms with Crippen LogP contribution in [0.15, 0.2) is 0 Å². The van der Waals surface area contributed by atoms with E-state index in [4.69, 9.17) is 9.84 Å². The summed E-state index contributed by atoms with van der Waals surface area (Å²) in [6, 6.07) is 0. The van der Waals surface area contributed by atoms with Crippen molar-refractivity contribution in [2.75, 3.05) is 19.7 Å². The molecule has 2 unspecified atom stereocenters. The topological polar surface area (TPSA) is 43.6 Å². The molecule has 0 radical (unpaired) electrons. The van der Waals surface area contributed by atoms with Crippen LogP contribution in [0.25, 0.3) is 5.32 Å². The molecule has 10 heavy (non-hydrogen) atoms. The molecule has 1 saturated heterocycles. The number of aliphatic hydroxyl groups is 1. The summed E-state index contributed by atoms with van der Waals surface area (Å²) >= 11 is 0. The van der Waals surface area contributed by atoms with Gasteiger partial charge in [-0.2, -0.15) is 0 Å². The van der Waals surface area contributed by atoms with Gasteiger partial charge in [-0.15, -0.1) is 13.1 Å². The third-order valence-corrected chi connectivity index (χ3v) is 1.43. The van der Waals surface area contributed by atoms with Crippen LogP contribution in [0.2, 0.25) is 0 Å². The predicted molar refractivity (Wildman–Crippen MR) is 34.5 cm³/mol. The smallest absolute Gasteiger partial charge is 0.658 e. The first-order valence-corrected chi connectivity index (χ1v) is 3.23. The Bertz CT molecular complexity index is 83.8. The molecule has 0 saturated carbocycles. The number of morpholine rings is 1. The summed E-state index contributed by atoms with van der Waals surface area (Å²) in [5.41, 5.74) is 0. The molecule has 4 heteroatoms. The summed E-state index contributed by atoms with van der Waals surface area (Å²) in [4.78, 5) is 0. The average molecular weight is 169 g/mol. The van der Waals surface area contributed by atoms with Crippen molar-refractivity contribution in [3.05, 3.63) is 5.32 Å². The first-order valence-electron chi connectivity index (χ1n) is 3.23. The third kappa shape index (κ3) is 3.78. The van der Waals surface area contributed by atoms with Gasteiger partial charge in [-0.05, 0) is 6.92 Å². The number of nitrogens with zero attached hydrogens (tertiary/aromatic N) is 1. The molecule has 0 spiro atoms. The van der Waals surface area contributed by atoms with Crippen LogP contribution in [0.5, 0.6) is 0 Å². The van der Waals surface area contributed by atoms with Crippen molar-refractivity contribution in [3.63, 3.8) is 0 Å². The Morgan fingerprint density at radius 2 is 2.40 bits per heavy atom. The van der Waals surface area contributed by atoms with E-state index in [-0.39, 0.29) is 63.6 Å². The van der Waals surface area contributed by atoms with Gasteiger partial charge in [0.05, 0.1) is 12.2 Å². The minimum Gasteiger partial charge on any atom is -0.658 e. The molecule has 54 valence electrons. The van der Waals surface area contributed by atoms with Crippen molar-refractivity contribution < 1.29 is 61.2 Å². The van der Waals surface area contributed by atoms with Crippen molar-refractivity contribution in [2.24, 2.45) is 0 Å².